The molecule has 6 heteroatoms. The number of benzene rings is 1. The molecule has 28 heavy (non-hydrogen) atoms. The summed E-state index contributed by atoms with van der Waals surface area (Å²) in [6.45, 7) is 3.83. The number of nitrogens with two attached hydrogens (primary N) is 1. The Labute approximate surface area is 166 Å². The van der Waals surface area contributed by atoms with Crippen LogP contribution in [0.5, 0.6) is 0 Å². The quantitative estimate of drug-likeness (QED) is 0.774. The van der Waals surface area contributed by atoms with E-state index in [0.29, 0.717) is 25.2 Å². The number of hydrogen-bond donors (Lipinski definition) is 2. The first-order chi connectivity index (χ1) is 13.3. The summed E-state index contributed by atoms with van der Waals surface area (Å²) in [5.41, 5.74) is 4.42. The van der Waals surface area contributed by atoms with Gasteiger partial charge in [0.2, 0.25) is 5.92 Å². The normalized spacial score (nSPS) is 26.0. The van der Waals surface area contributed by atoms with Crippen molar-refractivity contribution < 1.29 is 18.7 Å². The third-order valence-electron chi connectivity index (χ3n) is 7.07. The fraction of sp³-hybridized carbons (Fsp3) is 0.682. The first-order valence-electron chi connectivity index (χ1n) is 10.4. The summed E-state index contributed by atoms with van der Waals surface area (Å²) in [7, 11) is 0. The molecule has 1 saturated carbocycles. The van der Waals surface area contributed by atoms with Crippen molar-refractivity contribution in [3.63, 3.8) is 0 Å². The van der Waals surface area contributed by atoms with Gasteiger partial charge in [0.15, 0.2) is 5.60 Å². The van der Waals surface area contributed by atoms with Gasteiger partial charge < -0.3 is 15.7 Å². The predicted molar refractivity (Wildman–Crippen MR) is 105 cm³/mol. The molecule has 1 saturated heterocycles. The second-order valence-electron chi connectivity index (χ2n) is 8.61. The molecule has 1 heterocycles. The lowest BCUT2D eigenvalue weighted by Gasteiger charge is -2.45. The molecule has 156 valence electrons. The monoisotopic (exact) mass is 394 g/mol. The van der Waals surface area contributed by atoms with Gasteiger partial charge in [-0.1, -0.05) is 43.7 Å². The van der Waals surface area contributed by atoms with Crippen LogP contribution in [0, 0.1) is 11.3 Å². The van der Waals surface area contributed by atoms with Gasteiger partial charge in [0.1, 0.15) is 0 Å². The lowest BCUT2D eigenvalue weighted by molar-refractivity contribution is -0.163. The second kappa shape index (κ2) is 8.07. The number of piperidine rings is 1. The molecule has 1 aliphatic heterocycles. The highest BCUT2D eigenvalue weighted by atomic mass is 19.3. The number of halogens is 2. The van der Waals surface area contributed by atoms with Crippen molar-refractivity contribution in [3.8, 4) is 0 Å². The molecule has 1 aromatic rings. The molecule has 2 aliphatic rings. The maximum absolute atomic E-state index is 13.9. The molecule has 2 fully saturated rings. The van der Waals surface area contributed by atoms with Gasteiger partial charge in [-0.25, -0.2) is 8.78 Å². The van der Waals surface area contributed by atoms with Crippen molar-refractivity contribution >= 4 is 5.91 Å². The minimum absolute atomic E-state index is 0.136. The molecular formula is C22H32F2N2O2. The lowest BCUT2D eigenvalue weighted by atomic mass is 9.72. The van der Waals surface area contributed by atoms with E-state index in [-0.39, 0.29) is 18.3 Å². The van der Waals surface area contributed by atoms with Crippen molar-refractivity contribution in [1.29, 1.82) is 0 Å². The van der Waals surface area contributed by atoms with Crippen LogP contribution >= 0.6 is 0 Å². The van der Waals surface area contributed by atoms with E-state index >= 15 is 0 Å². The molecule has 4 nitrogen and oxygen atoms in total. The van der Waals surface area contributed by atoms with Gasteiger partial charge in [-0.05, 0) is 43.2 Å². The molecule has 0 radical (unpaired) electrons. The molecule has 3 rings (SSSR count). The number of aliphatic hydroxyl groups is 1. The largest absolute Gasteiger partial charge is 0.375 e. The average molecular weight is 395 g/mol. The highest BCUT2D eigenvalue weighted by Gasteiger charge is 2.55. The Hall–Kier alpha value is -1.53. The van der Waals surface area contributed by atoms with E-state index in [1.165, 1.54) is 0 Å². The van der Waals surface area contributed by atoms with Crippen LogP contribution in [0.25, 0.3) is 0 Å². The smallest absolute Gasteiger partial charge is 0.259 e. The Morgan fingerprint density at radius 3 is 2.39 bits per heavy atom. The van der Waals surface area contributed by atoms with Crippen LogP contribution in [-0.2, 0) is 10.4 Å². The van der Waals surface area contributed by atoms with Crippen LogP contribution in [0.15, 0.2) is 30.3 Å². The van der Waals surface area contributed by atoms with Crippen LogP contribution in [0.4, 0.5) is 8.78 Å². The maximum Gasteiger partial charge on any atom is 0.259 e. The summed E-state index contributed by atoms with van der Waals surface area (Å²) >= 11 is 0. The van der Waals surface area contributed by atoms with Gasteiger partial charge in [0.25, 0.3) is 5.91 Å². The number of alkyl halides is 2. The fourth-order valence-electron chi connectivity index (χ4n) is 5.04. The van der Waals surface area contributed by atoms with E-state index in [4.69, 9.17) is 5.73 Å². The van der Waals surface area contributed by atoms with Gasteiger partial charge in [0, 0.05) is 31.8 Å². The van der Waals surface area contributed by atoms with E-state index in [9.17, 15) is 18.7 Å². The SMILES string of the molecule is CCC1(CCN)CCN(C(=O)[C@](O)(c2ccccc2)[C@@H]2CCC(F)(F)C2)CC1. The number of hydrogen-bond acceptors (Lipinski definition) is 3. The Morgan fingerprint density at radius 2 is 1.89 bits per heavy atom. The highest BCUT2D eigenvalue weighted by Crippen LogP contribution is 2.49. The van der Waals surface area contributed by atoms with Gasteiger partial charge in [-0.3, -0.25) is 4.79 Å². The predicted octanol–water partition coefficient (Wildman–Crippen LogP) is 3.68. The Bertz CT molecular complexity index is 674. The molecule has 0 unspecified atom stereocenters. The first-order valence-corrected chi connectivity index (χ1v) is 10.4. The Balaban J connectivity index is 1.85. The highest BCUT2D eigenvalue weighted by molar-refractivity contribution is 5.87. The van der Waals surface area contributed by atoms with Gasteiger partial charge in [0.05, 0.1) is 0 Å². The van der Waals surface area contributed by atoms with Gasteiger partial charge in [-0.15, -0.1) is 0 Å². The lowest BCUT2D eigenvalue weighted by Crippen LogP contribution is -2.54. The Kier molecular flexibility index (Phi) is 6.11. The Morgan fingerprint density at radius 1 is 1.25 bits per heavy atom. The number of amides is 1. The third-order valence-corrected chi connectivity index (χ3v) is 7.07. The summed E-state index contributed by atoms with van der Waals surface area (Å²) in [4.78, 5) is 15.2. The molecule has 2 atom stereocenters. The third kappa shape index (κ3) is 3.94. The van der Waals surface area contributed by atoms with Crippen LogP contribution in [0.2, 0.25) is 0 Å². The van der Waals surface area contributed by atoms with Crippen LogP contribution in [0.1, 0.15) is 57.4 Å². The molecule has 0 aromatic heterocycles. The number of rotatable bonds is 6. The van der Waals surface area contributed by atoms with Crippen molar-refractivity contribution in [2.24, 2.45) is 17.1 Å². The fourth-order valence-corrected chi connectivity index (χ4v) is 5.04. The van der Waals surface area contributed by atoms with E-state index in [1.807, 2.05) is 0 Å². The van der Waals surface area contributed by atoms with Gasteiger partial charge >= 0.3 is 0 Å². The molecule has 1 aromatic carbocycles. The summed E-state index contributed by atoms with van der Waals surface area (Å²) in [5, 5.41) is 11.6. The maximum atomic E-state index is 13.9. The number of likely N-dealkylation sites (tertiary alicyclic amines) is 1. The first kappa shape index (κ1) is 21.2. The molecule has 1 amide bonds. The number of nitrogens with zero attached hydrogens (tertiary/aromatic N) is 1. The topological polar surface area (TPSA) is 66.6 Å². The zero-order chi connectivity index (χ0) is 20.4. The summed E-state index contributed by atoms with van der Waals surface area (Å²) in [6, 6.07) is 8.60. The molecule has 1 aliphatic carbocycles. The summed E-state index contributed by atoms with van der Waals surface area (Å²) < 4.78 is 27.9. The summed E-state index contributed by atoms with van der Waals surface area (Å²) in [6.07, 6.45) is 2.99. The number of carbonyl (C=O) groups excluding carboxylic acids is 1. The second-order valence-corrected chi connectivity index (χ2v) is 8.61. The average Bonchev–Trinajstić information content (AvgIpc) is 3.08. The van der Waals surface area contributed by atoms with Crippen molar-refractivity contribution in [3.05, 3.63) is 35.9 Å². The molecule has 3 N–H and O–H groups in total. The molecular weight excluding hydrogens is 362 g/mol. The summed E-state index contributed by atoms with van der Waals surface area (Å²) in [5.74, 6) is -4.04. The zero-order valence-corrected chi connectivity index (χ0v) is 16.7. The van der Waals surface area contributed by atoms with Gasteiger partial charge in [-0.2, -0.15) is 0 Å². The van der Waals surface area contributed by atoms with Crippen molar-refractivity contribution in [2.75, 3.05) is 19.6 Å². The van der Waals surface area contributed by atoms with Crippen LogP contribution in [0.3, 0.4) is 0 Å². The van der Waals surface area contributed by atoms with Crippen molar-refractivity contribution in [1.82, 2.24) is 4.90 Å². The number of carbonyl (C=O) groups is 1. The molecule has 0 bridgehead atoms. The minimum atomic E-state index is -2.83. The molecule has 0 spiro atoms. The van der Waals surface area contributed by atoms with Crippen LogP contribution < -0.4 is 5.73 Å². The van der Waals surface area contributed by atoms with E-state index in [2.05, 4.69) is 6.92 Å². The minimum Gasteiger partial charge on any atom is -0.375 e. The van der Waals surface area contributed by atoms with E-state index in [0.717, 1.165) is 25.7 Å². The zero-order valence-electron chi connectivity index (χ0n) is 16.7. The van der Waals surface area contributed by atoms with E-state index in [1.54, 1.807) is 35.2 Å². The van der Waals surface area contributed by atoms with Crippen LogP contribution in [-0.4, -0.2) is 41.5 Å². The standard InChI is InChI=1S/C22H32F2N2O2/c1-2-20(10-13-25)11-14-26(15-12-20)19(27)22(28,17-6-4-3-5-7-17)18-8-9-21(23,24)16-18/h3-7,18,28H,2,8-16,25H2,1H3/t18-,22+/m1/s1. The van der Waals surface area contributed by atoms with Crippen molar-refractivity contribution in [2.45, 2.75) is 63.4 Å². The van der Waals surface area contributed by atoms with E-state index < -0.39 is 29.8 Å².